The van der Waals surface area contributed by atoms with E-state index in [9.17, 15) is 14.4 Å². The van der Waals surface area contributed by atoms with Gasteiger partial charge in [0.25, 0.3) is 0 Å². The summed E-state index contributed by atoms with van der Waals surface area (Å²) in [4.78, 5) is 35.5. The molecule has 0 atom stereocenters. The van der Waals surface area contributed by atoms with Crippen molar-refractivity contribution in [2.24, 2.45) is 0 Å². The van der Waals surface area contributed by atoms with E-state index in [1.165, 1.54) is 128 Å². The predicted octanol–water partition coefficient (Wildman–Crippen LogP) is 13.0. The van der Waals surface area contributed by atoms with Gasteiger partial charge in [-0.15, -0.1) is 0 Å². The van der Waals surface area contributed by atoms with Crippen LogP contribution < -0.4 is 0 Å². The van der Waals surface area contributed by atoms with Crippen LogP contribution in [0.1, 0.15) is 205 Å². The number of amides is 1. The first-order valence-electron chi connectivity index (χ1n) is 20.5. The molecule has 0 aromatic rings. The lowest BCUT2D eigenvalue weighted by Gasteiger charge is -2.22. The number of hydrogen-bond acceptors (Lipinski definition) is 3. The molecular formula is C42H76BrNO5. The molecule has 2 N–H and O–H groups in total. The maximum Gasteiger partial charge on any atom is 0.303 e. The summed E-state index contributed by atoms with van der Waals surface area (Å²) >= 11 is 3.38. The van der Waals surface area contributed by atoms with E-state index < -0.39 is 11.9 Å². The maximum atomic E-state index is 12.4. The van der Waals surface area contributed by atoms with Crippen LogP contribution in [-0.2, 0) is 14.4 Å². The number of alkyl halides is 1. The fraction of sp³-hybridized carbons (Fsp3) is 0.833. The molecule has 0 rings (SSSR count). The molecule has 0 heterocycles. The van der Waals surface area contributed by atoms with Crippen LogP contribution in [0.2, 0.25) is 0 Å². The molecule has 286 valence electrons. The van der Waals surface area contributed by atoms with E-state index in [0.29, 0.717) is 18.2 Å². The number of carboxylic acid groups (broad SMARTS) is 2. The lowest BCUT2D eigenvalue weighted by atomic mass is 10.1. The third-order valence-electron chi connectivity index (χ3n) is 9.42. The van der Waals surface area contributed by atoms with Gasteiger partial charge in [-0.2, -0.15) is 0 Å². The topological polar surface area (TPSA) is 94.9 Å². The van der Waals surface area contributed by atoms with Gasteiger partial charge in [0.1, 0.15) is 0 Å². The van der Waals surface area contributed by atoms with Crippen LogP contribution >= 0.6 is 15.9 Å². The van der Waals surface area contributed by atoms with Gasteiger partial charge in [-0.1, -0.05) is 156 Å². The summed E-state index contributed by atoms with van der Waals surface area (Å²) in [6.45, 7) is 1.81. The Morgan fingerprint density at radius 2 is 0.633 bits per heavy atom. The van der Waals surface area contributed by atoms with Crippen LogP contribution in [0.25, 0.3) is 0 Å². The number of halogens is 1. The van der Waals surface area contributed by atoms with Crippen LogP contribution in [0.3, 0.4) is 0 Å². The van der Waals surface area contributed by atoms with Gasteiger partial charge in [0.05, 0.1) is 5.33 Å². The molecule has 0 aliphatic carbocycles. The Labute approximate surface area is 310 Å². The lowest BCUT2D eigenvalue weighted by Crippen LogP contribution is -2.33. The van der Waals surface area contributed by atoms with Crippen LogP contribution in [-0.4, -0.2) is 51.4 Å². The smallest absolute Gasteiger partial charge is 0.303 e. The maximum absolute atomic E-state index is 12.4. The van der Waals surface area contributed by atoms with Crippen molar-refractivity contribution in [3.05, 3.63) is 24.3 Å². The van der Waals surface area contributed by atoms with Crippen LogP contribution in [0.4, 0.5) is 0 Å². The number of unbranched alkanes of at least 4 members (excludes halogenated alkanes) is 26. The molecule has 0 aromatic heterocycles. The van der Waals surface area contributed by atoms with Gasteiger partial charge in [0, 0.05) is 25.9 Å². The largest absolute Gasteiger partial charge is 0.481 e. The fourth-order valence-corrected chi connectivity index (χ4v) is 6.66. The average Bonchev–Trinajstić information content (AvgIpc) is 3.08. The third kappa shape index (κ3) is 39.0. The first kappa shape index (κ1) is 47.4. The molecule has 49 heavy (non-hydrogen) atoms. The number of carbonyl (C=O) groups is 3. The van der Waals surface area contributed by atoms with E-state index >= 15 is 0 Å². The number of nitrogens with zero attached hydrogens (tertiary/aromatic N) is 1. The first-order chi connectivity index (χ1) is 24.0. The molecule has 1 amide bonds. The quantitative estimate of drug-likeness (QED) is 0.0370. The van der Waals surface area contributed by atoms with Crippen molar-refractivity contribution in [2.75, 3.05) is 18.4 Å². The van der Waals surface area contributed by atoms with Crippen LogP contribution in [0, 0.1) is 0 Å². The standard InChI is InChI=1S/C42H76BrNO5/c43-39-40(45)44(37-33-29-25-21-17-13-9-5-1-3-7-11-15-19-23-27-31-35-41(46)47)38-34-30-26-22-18-14-10-6-2-4-8-12-16-20-24-28-32-36-42(48)49/h3-4,7-8H,1-2,5-6,9-39H2,(H,46,47)(H,48,49)/b7-3-,8-4-. The van der Waals surface area contributed by atoms with Gasteiger partial charge in [-0.3, -0.25) is 14.4 Å². The van der Waals surface area contributed by atoms with Crippen molar-refractivity contribution < 1.29 is 24.6 Å². The van der Waals surface area contributed by atoms with E-state index in [1.807, 2.05) is 0 Å². The summed E-state index contributed by atoms with van der Waals surface area (Å²) in [6, 6.07) is 0. The van der Waals surface area contributed by atoms with Crippen molar-refractivity contribution in [1.29, 1.82) is 0 Å². The minimum Gasteiger partial charge on any atom is -0.481 e. The molecule has 0 saturated heterocycles. The Hall–Kier alpha value is -1.63. The van der Waals surface area contributed by atoms with Crippen molar-refractivity contribution in [1.82, 2.24) is 4.90 Å². The predicted molar refractivity (Wildman–Crippen MR) is 212 cm³/mol. The molecule has 0 saturated carbocycles. The number of carboxylic acids is 2. The zero-order valence-electron chi connectivity index (χ0n) is 31.5. The monoisotopic (exact) mass is 753 g/mol. The number of rotatable bonds is 39. The van der Waals surface area contributed by atoms with Gasteiger partial charge in [0.15, 0.2) is 0 Å². The van der Waals surface area contributed by atoms with Crippen molar-refractivity contribution in [3.8, 4) is 0 Å². The van der Waals surface area contributed by atoms with Gasteiger partial charge >= 0.3 is 11.9 Å². The minimum absolute atomic E-state index is 0.240. The zero-order chi connectivity index (χ0) is 35.9. The Kier molecular flexibility index (Phi) is 37.9. The summed E-state index contributed by atoms with van der Waals surface area (Å²) in [5.41, 5.74) is 0. The summed E-state index contributed by atoms with van der Waals surface area (Å²) in [6.07, 6.45) is 45.9. The highest BCUT2D eigenvalue weighted by Gasteiger charge is 2.11. The van der Waals surface area contributed by atoms with Gasteiger partial charge < -0.3 is 15.1 Å². The highest BCUT2D eigenvalue weighted by molar-refractivity contribution is 9.09. The number of aliphatic carboxylic acids is 2. The van der Waals surface area contributed by atoms with Crippen LogP contribution in [0.15, 0.2) is 24.3 Å². The highest BCUT2D eigenvalue weighted by atomic mass is 79.9. The van der Waals surface area contributed by atoms with E-state index in [4.69, 9.17) is 10.2 Å². The first-order valence-corrected chi connectivity index (χ1v) is 21.7. The molecule has 0 unspecified atom stereocenters. The molecule has 6 nitrogen and oxygen atoms in total. The lowest BCUT2D eigenvalue weighted by molar-refractivity contribution is -0.138. The van der Waals surface area contributed by atoms with Gasteiger partial charge in [-0.25, -0.2) is 0 Å². The molecule has 0 radical (unpaired) electrons. The summed E-state index contributed by atoms with van der Waals surface area (Å²) in [7, 11) is 0. The second-order valence-corrected chi connectivity index (χ2v) is 14.7. The second-order valence-electron chi connectivity index (χ2n) is 14.1. The molecule has 0 aliphatic heterocycles. The molecule has 0 aromatic carbocycles. The summed E-state index contributed by atoms with van der Waals surface area (Å²) in [5.74, 6) is -1.11. The van der Waals surface area contributed by atoms with Gasteiger partial charge in [0.2, 0.25) is 5.91 Å². The highest BCUT2D eigenvalue weighted by Crippen LogP contribution is 2.14. The Bertz CT molecular complexity index is 757. The molecule has 0 aliphatic rings. The number of allylic oxidation sites excluding steroid dienone is 4. The van der Waals surface area contributed by atoms with Crippen molar-refractivity contribution >= 4 is 33.8 Å². The summed E-state index contributed by atoms with van der Waals surface area (Å²) in [5, 5.41) is 17.7. The molecule has 0 spiro atoms. The van der Waals surface area contributed by atoms with E-state index in [2.05, 4.69) is 45.1 Å². The summed E-state index contributed by atoms with van der Waals surface area (Å²) < 4.78 is 0. The Morgan fingerprint density at radius 3 is 0.898 bits per heavy atom. The molecular weight excluding hydrogens is 678 g/mol. The average molecular weight is 755 g/mol. The zero-order valence-corrected chi connectivity index (χ0v) is 33.1. The van der Waals surface area contributed by atoms with E-state index in [-0.39, 0.29) is 5.91 Å². The SMILES string of the molecule is O=C(O)CCCCCCC/C=C\CCCCCCCCCCN(CCCCCCCCCC/C=C\CCCCCCCC(=O)O)C(=O)CBr. The molecule has 7 heteroatoms. The van der Waals surface area contributed by atoms with Crippen molar-refractivity contribution in [2.45, 2.75) is 205 Å². The number of hydrogen-bond donors (Lipinski definition) is 2. The van der Waals surface area contributed by atoms with Crippen molar-refractivity contribution in [3.63, 3.8) is 0 Å². The number of carbonyl (C=O) groups excluding carboxylic acids is 1. The van der Waals surface area contributed by atoms with E-state index in [0.717, 1.165) is 77.3 Å². The normalized spacial score (nSPS) is 11.6. The molecule has 0 bridgehead atoms. The Morgan fingerprint density at radius 1 is 0.388 bits per heavy atom. The Balaban J connectivity index is 3.53. The fourth-order valence-electron chi connectivity index (χ4n) is 6.31. The van der Waals surface area contributed by atoms with Crippen LogP contribution in [0.5, 0.6) is 0 Å². The minimum atomic E-state index is -0.677. The molecule has 0 fully saturated rings. The second kappa shape index (κ2) is 39.2. The van der Waals surface area contributed by atoms with Gasteiger partial charge in [-0.05, 0) is 77.0 Å². The third-order valence-corrected chi connectivity index (χ3v) is 9.90. The van der Waals surface area contributed by atoms with E-state index in [1.54, 1.807) is 0 Å².